The molecule has 1 aromatic heterocycles. The molecule has 5 heteroatoms. The van der Waals surface area contributed by atoms with Crippen LogP contribution in [0.25, 0.3) is 0 Å². The van der Waals surface area contributed by atoms with E-state index in [0.29, 0.717) is 25.0 Å². The van der Waals surface area contributed by atoms with Crippen molar-refractivity contribution in [3.05, 3.63) is 41.0 Å². The molecular formula is C15H19N3O2. The zero-order valence-electron chi connectivity index (χ0n) is 11.6. The van der Waals surface area contributed by atoms with E-state index in [2.05, 4.69) is 10.1 Å². The van der Waals surface area contributed by atoms with Crippen molar-refractivity contribution in [2.75, 3.05) is 6.54 Å². The summed E-state index contributed by atoms with van der Waals surface area (Å²) < 4.78 is 11.1. The van der Waals surface area contributed by atoms with E-state index in [1.54, 1.807) is 0 Å². The Morgan fingerprint density at radius 1 is 1.40 bits per heavy atom. The SMILES string of the molecule is Cc1cccc(CCN)c1OCc1nc(C2CC2)no1. The highest BCUT2D eigenvalue weighted by Gasteiger charge is 2.28. The van der Waals surface area contributed by atoms with E-state index in [1.807, 2.05) is 25.1 Å². The third-order valence-electron chi connectivity index (χ3n) is 3.47. The molecule has 1 aromatic carbocycles. The standard InChI is InChI=1S/C15H19N3O2/c1-10-3-2-4-11(7-8-16)14(10)19-9-13-17-15(18-20-13)12-5-6-12/h2-4,12H,5-9,16H2,1H3. The van der Waals surface area contributed by atoms with Crippen molar-refractivity contribution in [1.29, 1.82) is 0 Å². The first-order chi connectivity index (χ1) is 9.78. The predicted octanol–water partition coefficient (Wildman–Crippen LogP) is 2.34. The van der Waals surface area contributed by atoms with Crippen LogP contribution in [0.3, 0.4) is 0 Å². The lowest BCUT2D eigenvalue weighted by molar-refractivity contribution is 0.239. The Kier molecular flexibility index (Phi) is 3.69. The second kappa shape index (κ2) is 5.63. The maximum absolute atomic E-state index is 5.87. The van der Waals surface area contributed by atoms with Gasteiger partial charge in [-0.25, -0.2) is 0 Å². The number of hydrogen-bond acceptors (Lipinski definition) is 5. The molecule has 1 aliphatic rings. The summed E-state index contributed by atoms with van der Waals surface area (Å²) in [5.41, 5.74) is 7.85. The number of hydrogen-bond donors (Lipinski definition) is 1. The van der Waals surface area contributed by atoms with E-state index >= 15 is 0 Å². The molecule has 0 bridgehead atoms. The van der Waals surface area contributed by atoms with Gasteiger partial charge in [-0.2, -0.15) is 4.98 Å². The molecule has 3 rings (SSSR count). The molecule has 1 saturated carbocycles. The van der Waals surface area contributed by atoms with Crippen LogP contribution in [0.2, 0.25) is 0 Å². The lowest BCUT2D eigenvalue weighted by atomic mass is 10.1. The Balaban J connectivity index is 1.70. The van der Waals surface area contributed by atoms with Crippen LogP contribution in [0.4, 0.5) is 0 Å². The number of benzene rings is 1. The van der Waals surface area contributed by atoms with Crippen molar-refractivity contribution in [1.82, 2.24) is 10.1 Å². The zero-order valence-corrected chi connectivity index (χ0v) is 11.6. The molecular weight excluding hydrogens is 254 g/mol. The average molecular weight is 273 g/mol. The largest absolute Gasteiger partial charge is 0.483 e. The minimum absolute atomic E-state index is 0.308. The third kappa shape index (κ3) is 2.82. The molecule has 1 heterocycles. The molecule has 0 atom stereocenters. The maximum atomic E-state index is 5.87. The van der Waals surface area contributed by atoms with Crippen LogP contribution in [0, 0.1) is 6.92 Å². The molecule has 0 aliphatic heterocycles. The zero-order chi connectivity index (χ0) is 13.9. The van der Waals surface area contributed by atoms with Crippen molar-refractivity contribution >= 4 is 0 Å². The van der Waals surface area contributed by atoms with Gasteiger partial charge in [-0.05, 0) is 43.9 Å². The van der Waals surface area contributed by atoms with Gasteiger partial charge in [-0.3, -0.25) is 0 Å². The van der Waals surface area contributed by atoms with E-state index in [1.165, 1.54) is 0 Å². The van der Waals surface area contributed by atoms with Crippen LogP contribution in [-0.4, -0.2) is 16.7 Å². The second-order valence-corrected chi connectivity index (χ2v) is 5.21. The fraction of sp³-hybridized carbons (Fsp3) is 0.467. The molecule has 0 amide bonds. The highest BCUT2D eigenvalue weighted by Crippen LogP contribution is 2.38. The Morgan fingerprint density at radius 2 is 2.25 bits per heavy atom. The van der Waals surface area contributed by atoms with Gasteiger partial charge in [0.05, 0.1) is 0 Å². The van der Waals surface area contributed by atoms with Crippen molar-refractivity contribution in [2.24, 2.45) is 5.73 Å². The Labute approximate surface area is 118 Å². The van der Waals surface area contributed by atoms with Gasteiger partial charge in [0.15, 0.2) is 12.4 Å². The topological polar surface area (TPSA) is 74.2 Å². The maximum Gasteiger partial charge on any atom is 0.264 e. The monoisotopic (exact) mass is 273 g/mol. The van der Waals surface area contributed by atoms with Gasteiger partial charge in [0.25, 0.3) is 5.89 Å². The van der Waals surface area contributed by atoms with Crippen molar-refractivity contribution in [2.45, 2.75) is 38.7 Å². The van der Waals surface area contributed by atoms with Gasteiger partial charge in [0, 0.05) is 5.92 Å². The summed E-state index contributed by atoms with van der Waals surface area (Å²) in [4.78, 5) is 4.37. The molecule has 0 saturated heterocycles. The number of aryl methyl sites for hydroxylation is 1. The van der Waals surface area contributed by atoms with Crippen LogP contribution in [0.5, 0.6) is 5.75 Å². The lowest BCUT2D eigenvalue weighted by Crippen LogP contribution is -2.06. The van der Waals surface area contributed by atoms with Crippen LogP contribution in [0.1, 0.15) is 41.6 Å². The molecule has 20 heavy (non-hydrogen) atoms. The van der Waals surface area contributed by atoms with Gasteiger partial charge in [-0.1, -0.05) is 23.4 Å². The minimum Gasteiger partial charge on any atom is -0.483 e. The van der Waals surface area contributed by atoms with Gasteiger partial charge < -0.3 is 15.0 Å². The first-order valence-electron chi connectivity index (χ1n) is 7.01. The van der Waals surface area contributed by atoms with E-state index in [-0.39, 0.29) is 0 Å². The average Bonchev–Trinajstić information content (AvgIpc) is 3.18. The molecule has 0 radical (unpaired) electrons. The van der Waals surface area contributed by atoms with Crippen molar-refractivity contribution in [3.8, 4) is 5.75 Å². The predicted molar refractivity (Wildman–Crippen MR) is 74.5 cm³/mol. The number of para-hydroxylation sites is 1. The van der Waals surface area contributed by atoms with Crippen LogP contribution in [0.15, 0.2) is 22.7 Å². The molecule has 0 spiro atoms. The quantitative estimate of drug-likeness (QED) is 0.874. The normalized spacial score (nSPS) is 14.5. The highest BCUT2D eigenvalue weighted by atomic mass is 16.5. The smallest absolute Gasteiger partial charge is 0.264 e. The second-order valence-electron chi connectivity index (χ2n) is 5.21. The first-order valence-corrected chi connectivity index (χ1v) is 7.01. The summed E-state index contributed by atoms with van der Waals surface area (Å²) in [7, 11) is 0. The highest BCUT2D eigenvalue weighted by molar-refractivity contribution is 5.40. The summed E-state index contributed by atoms with van der Waals surface area (Å²) >= 11 is 0. The Morgan fingerprint density at radius 3 is 3.00 bits per heavy atom. The fourth-order valence-corrected chi connectivity index (χ4v) is 2.24. The third-order valence-corrected chi connectivity index (χ3v) is 3.47. The Hall–Kier alpha value is -1.88. The van der Waals surface area contributed by atoms with Gasteiger partial charge >= 0.3 is 0 Å². The van der Waals surface area contributed by atoms with Crippen molar-refractivity contribution in [3.63, 3.8) is 0 Å². The minimum atomic E-state index is 0.308. The van der Waals surface area contributed by atoms with E-state index in [9.17, 15) is 0 Å². The van der Waals surface area contributed by atoms with E-state index in [0.717, 1.165) is 42.0 Å². The lowest BCUT2D eigenvalue weighted by Gasteiger charge is -2.12. The fourth-order valence-electron chi connectivity index (χ4n) is 2.24. The van der Waals surface area contributed by atoms with Gasteiger partial charge in [-0.15, -0.1) is 0 Å². The number of nitrogens with two attached hydrogens (primary N) is 1. The summed E-state index contributed by atoms with van der Waals surface area (Å²) in [6.45, 7) is 2.94. The molecule has 2 aromatic rings. The summed E-state index contributed by atoms with van der Waals surface area (Å²) in [5, 5.41) is 3.99. The molecule has 1 fully saturated rings. The van der Waals surface area contributed by atoms with Crippen LogP contribution in [-0.2, 0) is 13.0 Å². The first kappa shape index (κ1) is 13.1. The Bertz CT molecular complexity index is 591. The number of nitrogens with zero attached hydrogens (tertiary/aromatic N) is 2. The molecule has 5 nitrogen and oxygen atoms in total. The molecule has 106 valence electrons. The van der Waals surface area contributed by atoms with Crippen LogP contribution < -0.4 is 10.5 Å². The summed E-state index contributed by atoms with van der Waals surface area (Å²) in [6.07, 6.45) is 3.13. The number of rotatable bonds is 6. The number of ether oxygens (including phenoxy) is 1. The molecule has 2 N–H and O–H groups in total. The number of aromatic nitrogens is 2. The van der Waals surface area contributed by atoms with Crippen LogP contribution >= 0.6 is 0 Å². The summed E-state index contributed by atoms with van der Waals surface area (Å²) in [5.74, 6) is 2.73. The van der Waals surface area contributed by atoms with E-state index < -0.39 is 0 Å². The van der Waals surface area contributed by atoms with E-state index in [4.69, 9.17) is 15.0 Å². The van der Waals surface area contributed by atoms with Gasteiger partial charge in [0.2, 0.25) is 0 Å². The molecule has 1 aliphatic carbocycles. The molecule has 0 unspecified atom stereocenters. The van der Waals surface area contributed by atoms with Crippen molar-refractivity contribution < 1.29 is 9.26 Å². The van der Waals surface area contributed by atoms with Gasteiger partial charge in [0.1, 0.15) is 5.75 Å². The summed E-state index contributed by atoms with van der Waals surface area (Å²) in [6, 6.07) is 6.09.